The molecule has 1 aliphatic heterocycles. The highest BCUT2D eigenvalue weighted by atomic mass is 32.2. The normalized spacial score (nSPS) is 17.8. The first-order valence-electron chi connectivity index (χ1n) is 9.58. The Kier molecular flexibility index (Phi) is 6.64. The van der Waals surface area contributed by atoms with E-state index in [9.17, 15) is 4.79 Å². The molecule has 0 spiro atoms. The van der Waals surface area contributed by atoms with E-state index in [0.717, 1.165) is 17.7 Å². The number of hydrogen-bond donors (Lipinski definition) is 0. The van der Waals surface area contributed by atoms with Gasteiger partial charge in [-0.3, -0.25) is 9.69 Å². The van der Waals surface area contributed by atoms with Gasteiger partial charge in [0.1, 0.15) is 0 Å². The molecule has 3 rings (SSSR count). The number of ether oxygens (including phenoxy) is 2. The Labute approximate surface area is 176 Å². The van der Waals surface area contributed by atoms with Crippen LogP contribution in [0.4, 0.5) is 5.69 Å². The van der Waals surface area contributed by atoms with Crippen LogP contribution >= 0.6 is 11.8 Å². The van der Waals surface area contributed by atoms with Crippen molar-refractivity contribution in [2.45, 2.75) is 33.2 Å². The van der Waals surface area contributed by atoms with Gasteiger partial charge < -0.3 is 9.47 Å². The number of rotatable bonds is 6. The lowest BCUT2D eigenvalue weighted by atomic mass is 10.1. The lowest BCUT2D eigenvalue weighted by Gasteiger charge is -2.22. The third-order valence-corrected chi connectivity index (χ3v) is 5.83. The highest BCUT2D eigenvalue weighted by molar-refractivity contribution is 8.18. The zero-order valence-electron chi connectivity index (χ0n) is 17.4. The number of carbonyl (C=O) groups is 1. The van der Waals surface area contributed by atoms with Crippen molar-refractivity contribution in [3.05, 3.63) is 58.5 Å². The van der Waals surface area contributed by atoms with Gasteiger partial charge in [0, 0.05) is 11.6 Å². The molecule has 29 heavy (non-hydrogen) atoms. The van der Waals surface area contributed by atoms with Gasteiger partial charge in [-0.1, -0.05) is 36.8 Å². The molecule has 0 radical (unpaired) electrons. The predicted molar refractivity (Wildman–Crippen MR) is 120 cm³/mol. The highest BCUT2D eigenvalue weighted by Crippen LogP contribution is 2.39. The molecular weight excluding hydrogens is 384 g/mol. The van der Waals surface area contributed by atoms with Crippen LogP contribution in [0.25, 0.3) is 6.08 Å². The Morgan fingerprint density at radius 1 is 1.14 bits per heavy atom. The molecule has 0 unspecified atom stereocenters. The van der Waals surface area contributed by atoms with Crippen molar-refractivity contribution in [1.29, 1.82) is 0 Å². The maximum Gasteiger partial charge on any atom is 0.267 e. The van der Waals surface area contributed by atoms with E-state index in [-0.39, 0.29) is 11.9 Å². The second-order valence-corrected chi connectivity index (χ2v) is 7.86. The van der Waals surface area contributed by atoms with Crippen molar-refractivity contribution < 1.29 is 14.3 Å². The first-order chi connectivity index (χ1) is 14.0. The van der Waals surface area contributed by atoms with Crippen LogP contribution in [0, 0.1) is 6.92 Å². The van der Waals surface area contributed by atoms with Gasteiger partial charge in [0.25, 0.3) is 5.91 Å². The third kappa shape index (κ3) is 4.48. The van der Waals surface area contributed by atoms with Gasteiger partial charge in [-0.15, -0.1) is 0 Å². The molecule has 152 valence electrons. The van der Waals surface area contributed by atoms with Gasteiger partial charge >= 0.3 is 0 Å². The monoisotopic (exact) mass is 410 g/mol. The van der Waals surface area contributed by atoms with Gasteiger partial charge in [-0.25, -0.2) is 4.99 Å². The molecule has 0 bridgehead atoms. The molecule has 1 atom stereocenters. The number of amidine groups is 1. The molecule has 1 saturated heterocycles. The summed E-state index contributed by atoms with van der Waals surface area (Å²) in [7, 11) is 3.19. The average Bonchev–Trinajstić information content (AvgIpc) is 3.03. The number of carbonyl (C=O) groups excluding carboxylic acids is 1. The van der Waals surface area contributed by atoms with Gasteiger partial charge in [0.15, 0.2) is 16.7 Å². The quantitative estimate of drug-likeness (QED) is 0.597. The van der Waals surface area contributed by atoms with Gasteiger partial charge in [0.2, 0.25) is 0 Å². The molecule has 0 aliphatic carbocycles. The number of aryl methyl sites for hydroxylation is 1. The Bertz CT molecular complexity index is 951. The number of aliphatic imine (C=N–C) groups is 1. The van der Waals surface area contributed by atoms with Gasteiger partial charge in [0.05, 0.1) is 24.8 Å². The molecule has 0 N–H and O–H groups in total. The molecule has 1 aliphatic rings. The second kappa shape index (κ2) is 9.18. The highest BCUT2D eigenvalue weighted by Gasteiger charge is 2.36. The summed E-state index contributed by atoms with van der Waals surface area (Å²) in [6, 6.07) is 13.6. The molecule has 1 amide bonds. The third-order valence-electron chi connectivity index (χ3n) is 4.85. The van der Waals surface area contributed by atoms with E-state index in [0.29, 0.717) is 21.6 Å². The van der Waals surface area contributed by atoms with Crippen molar-refractivity contribution in [2.24, 2.45) is 4.99 Å². The van der Waals surface area contributed by atoms with E-state index in [1.54, 1.807) is 19.1 Å². The first kappa shape index (κ1) is 21.0. The summed E-state index contributed by atoms with van der Waals surface area (Å²) in [6.45, 7) is 6.15. The lowest BCUT2D eigenvalue weighted by Crippen LogP contribution is -2.36. The van der Waals surface area contributed by atoms with Crippen molar-refractivity contribution in [3.8, 4) is 11.5 Å². The van der Waals surface area contributed by atoms with Crippen LogP contribution in [0.1, 0.15) is 31.4 Å². The van der Waals surface area contributed by atoms with Crippen LogP contribution in [-0.2, 0) is 4.79 Å². The molecule has 2 aromatic rings. The predicted octanol–water partition coefficient (Wildman–Crippen LogP) is 5.41. The maximum absolute atomic E-state index is 13.2. The van der Waals surface area contributed by atoms with Crippen molar-refractivity contribution in [3.63, 3.8) is 0 Å². The molecule has 6 heteroatoms. The smallest absolute Gasteiger partial charge is 0.267 e. The van der Waals surface area contributed by atoms with E-state index >= 15 is 0 Å². The summed E-state index contributed by atoms with van der Waals surface area (Å²) in [5, 5.41) is 0.696. The summed E-state index contributed by atoms with van der Waals surface area (Å²) < 4.78 is 10.9. The number of methoxy groups -OCH3 is 2. The SMILES string of the molecule is CC[C@H](C)N1C(=O)/C(=C\c2cccc(OC)c2OC)SC1=Nc1ccc(C)cc1. The van der Waals surface area contributed by atoms with Crippen molar-refractivity contribution in [1.82, 2.24) is 4.90 Å². The molecule has 5 nitrogen and oxygen atoms in total. The van der Waals surface area contributed by atoms with Crippen molar-refractivity contribution >= 4 is 34.6 Å². The van der Waals surface area contributed by atoms with E-state index < -0.39 is 0 Å². The lowest BCUT2D eigenvalue weighted by molar-refractivity contribution is -0.123. The topological polar surface area (TPSA) is 51.1 Å². The Morgan fingerprint density at radius 2 is 1.86 bits per heavy atom. The van der Waals surface area contributed by atoms with Crippen molar-refractivity contribution in [2.75, 3.05) is 14.2 Å². The van der Waals surface area contributed by atoms with Crippen LogP contribution < -0.4 is 9.47 Å². The number of hydrogen-bond acceptors (Lipinski definition) is 5. The Balaban J connectivity index is 2.03. The van der Waals surface area contributed by atoms with Gasteiger partial charge in [-0.2, -0.15) is 0 Å². The minimum atomic E-state index is -0.0416. The number of para-hydroxylation sites is 1. The van der Waals surface area contributed by atoms with Crippen LogP contribution in [0.15, 0.2) is 52.4 Å². The van der Waals surface area contributed by atoms with Crippen LogP contribution in [0.2, 0.25) is 0 Å². The number of nitrogens with zero attached hydrogens (tertiary/aromatic N) is 2. The van der Waals surface area contributed by atoms with E-state index in [1.165, 1.54) is 17.3 Å². The van der Waals surface area contributed by atoms with E-state index in [2.05, 4.69) is 6.92 Å². The summed E-state index contributed by atoms with van der Waals surface area (Å²) in [5.41, 5.74) is 2.80. The molecular formula is C23H26N2O3S. The largest absolute Gasteiger partial charge is 0.493 e. The van der Waals surface area contributed by atoms with Crippen LogP contribution in [0.5, 0.6) is 11.5 Å². The minimum absolute atomic E-state index is 0.0416. The number of amides is 1. The molecule has 0 aromatic heterocycles. The minimum Gasteiger partial charge on any atom is -0.493 e. The number of thioether (sulfide) groups is 1. The fourth-order valence-corrected chi connectivity index (χ4v) is 4.11. The molecule has 0 saturated carbocycles. The molecule has 1 heterocycles. The zero-order valence-corrected chi connectivity index (χ0v) is 18.2. The molecule has 2 aromatic carbocycles. The van der Waals surface area contributed by atoms with E-state index in [4.69, 9.17) is 14.5 Å². The standard InChI is InChI=1S/C23H26N2O3S/c1-6-16(3)25-22(26)20(14-17-8-7-9-19(27-4)21(17)28-5)29-23(25)24-18-12-10-15(2)11-13-18/h7-14,16H,6H2,1-5H3/b20-14+,24-23?/t16-/m0/s1. The van der Waals surface area contributed by atoms with Crippen LogP contribution in [-0.4, -0.2) is 36.2 Å². The fraction of sp³-hybridized carbons (Fsp3) is 0.304. The summed E-state index contributed by atoms with van der Waals surface area (Å²) >= 11 is 1.39. The molecule has 1 fully saturated rings. The number of benzene rings is 2. The van der Waals surface area contributed by atoms with E-state index in [1.807, 2.05) is 62.4 Å². The van der Waals surface area contributed by atoms with Crippen LogP contribution in [0.3, 0.4) is 0 Å². The average molecular weight is 411 g/mol. The Morgan fingerprint density at radius 3 is 2.48 bits per heavy atom. The first-order valence-corrected chi connectivity index (χ1v) is 10.4. The fourth-order valence-electron chi connectivity index (χ4n) is 3.03. The summed E-state index contributed by atoms with van der Waals surface area (Å²) in [6.07, 6.45) is 2.69. The Hall–Kier alpha value is -2.73. The summed E-state index contributed by atoms with van der Waals surface area (Å²) in [4.78, 5) is 20.4. The maximum atomic E-state index is 13.2. The summed E-state index contributed by atoms with van der Waals surface area (Å²) in [5.74, 6) is 1.19. The second-order valence-electron chi connectivity index (χ2n) is 6.86. The van der Waals surface area contributed by atoms with Gasteiger partial charge in [-0.05, 0) is 56.3 Å². The zero-order chi connectivity index (χ0) is 21.0.